The van der Waals surface area contributed by atoms with Crippen molar-refractivity contribution < 1.29 is 19.0 Å². The summed E-state index contributed by atoms with van der Waals surface area (Å²) in [7, 11) is 1.61. The van der Waals surface area contributed by atoms with Gasteiger partial charge in [0.05, 0.1) is 13.2 Å². The molecule has 3 aromatic rings. The number of halogens is 2. The number of aryl methyl sites for hydroxylation is 1. The molecule has 1 N–H and O–H groups in total. The van der Waals surface area contributed by atoms with Crippen LogP contribution in [0.25, 0.3) is 0 Å². The minimum Gasteiger partial charge on any atom is -0.493 e. The number of fused-ring (bicyclic) bond motifs is 1. The van der Waals surface area contributed by atoms with Gasteiger partial charge in [0.1, 0.15) is 12.7 Å². The Hall–Kier alpha value is -2.89. The Labute approximate surface area is 216 Å². The Bertz CT molecular complexity index is 1260. The fraction of sp³-hybridized carbons (Fsp3) is 0.321. The quantitative estimate of drug-likeness (QED) is 0.342. The number of hydrogen-bond acceptors (Lipinski definition) is 5. The van der Waals surface area contributed by atoms with Gasteiger partial charge in [-0.3, -0.25) is 4.79 Å². The highest BCUT2D eigenvalue weighted by atomic mass is 35.5. The van der Waals surface area contributed by atoms with Crippen LogP contribution in [0.2, 0.25) is 10.0 Å². The number of benzene rings is 3. The van der Waals surface area contributed by atoms with E-state index in [0.29, 0.717) is 21.5 Å². The van der Waals surface area contributed by atoms with E-state index in [0.717, 1.165) is 27.9 Å². The molecule has 0 saturated carbocycles. The van der Waals surface area contributed by atoms with Gasteiger partial charge in [-0.2, -0.15) is 0 Å². The summed E-state index contributed by atoms with van der Waals surface area (Å²) < 4.78 is 17.9. The molecule has 4 rings (SSSR count). The molecule has 2 unspecified atom stereocenters. The van der Waals surface area contributed by atoms with Crippen molar-refractivity contribution in [2.24, 2.45) is 5.41 Å². The van der Waals surface area contributed by atoms with Gasteiger partial charge in [-0.25, -0.2) is 0 Å². The van der Waals surface area contributed by atoms with Crippen LogP contribution in [-0.2, 0) is 16.1 Å². The Kier molecular flexibility index (Phi) is 7.20. The van der Waals surface area contributed by atoms with Crippen molar-refractivity contribution in [2.45, 2.75) is 46.4 Å². The third kappa shape index (κ3) is 5.07. The summed E-state index contributed by atoms with van der Waals surface area (Å²) in [5.41, 5.74) is 4.15. The summed E-state index contributed by atoms with van der Waals surface area (Å²) in [5, 5.41) is 4.77. The highest BCUT2D eigenvalue weighted by Crippen LogP contribution is 2.55. The number of esters is 1. The Morgan fingerprint density at radius 3 is 2.51 bits per heavy atom. The molecule has 0 saturated heterocycles. The van der Waals surface area contributed by atoms with Crippen molar-refractivity contribution in [3.63, 3.8) is 0 Å². The second-order valence-corrected chi connectivity index (χ2v) is 10.2. The summed E-state index contributed by atoms with van der Waals surface area (Å²) in [4.78, 5) is 12.1. The van der Waals surface area contributed by atoms with Crippen molar-refractivity contribution in [2.75, 3.05) is 12.4 Å². The zero-order valence-electron chi connectivity index (χ0n) is 20.4. The molecule has 0 aliphatic carbocycles. The van der Waals surface area contributed by atoms with E-state index in [9.17, 15) is 4.79 Å². The summed E-state index contributed by atoms with van der Waals surface area (Å²) >= 11 is 12.4. The maximum absolute atomic E-state index is 12.1. The van der Waals surface area contributed by atoms with Crippen LogP contribution in [0.5, 0.6) is 11.5 Å². The lowest BCUT2D eigenvalue weighted by Crippen LogP contribution is -2.40. The number of methoxy groups -OCH3 is 1. The van der Waals surface area contributed by atoms with Crippen LogP contribution in [-0.4, -0.2) is 13.1 Å². The van der Waals surface area contributed by atoms with E-state index < -0.39 is 11.5 Å². The number of hydrogen-bond donors (Lipinski definition) is 1. The van der Waals surface area contributed by atoms with Gasteiger partial charge in [-0.1, -0.05) is 72.9 Å². The lowest BCUT2D eigenvalue weighted by atomic mass is 9.70. The van der Waals surface area contributed by atoms with Crippen molar-refractivity contribution in [1.29, 1.82) is 0 Å². The van der Waals surface area contributed by atoms with Crippen molar-refractivity contribution in [3.05, 3.63) is 86.9 Å². The fourth-order valence-electron chi connectivity index (χ4n) is 4.65. The molecule has 0 bridgehead atoms. The molecule has 1 aliphatic heterocycles. The number of ether oxygens (including phenoxy) is 3. The first kappa shape index (κ1) is 25.2. The molecule has 184 valence electrons. The summed E-state index contributed by atoms with van der Waals surface area (Å²) in [6.07, 6.45) is -0.453. The molecular formula is C28H29Cl2NO4. The Morgan fingerprint density at radius 1 is 1.06 bits per heavy atom. The second-order valence-electron chi connectivity index (χ2n) is 9.38. The SMILES string of the molecule is COc1cccc(C2Nc3ccc(C)cc3C(OC(C)=O)C2(C)C)c1OCc1ccc(Cl)cc1Cl. The van der Waals surface area contributed by atoms with Crippen LogP contribution in [0.15, 0.2) is 54.6 Å². The highest BCUT2D eigenvalue weighted by Gasteiger charge is 2.47. The zero-order chi connectivity index (χ0) is 25.3. The second kappa shape index (κ2) is 10.00. The normalized spacial score (nSPS) is 18.3. The molecule has 1 heterocycles. The molecule has 3 aromatic carbocycles. The standard InChI is InChI=1S/C28H29Cl2NO4/c1-16-9-12-23-21(13-16)27(35-17(2)32)28(3,4)26(31-23)20-7-6-8-24(33-5)25(20)34-15-18-10-11-19(29)14-22(18)30/h6-14,26-27,31H,15H2,1-5H3. The number of para-hydroxylation sites is 1. The molecule has 0 spiro atoms. The van der Waals surface area contributed by atoms with Crippen LogP contribution in [0.1, 0.15) is 55.2 Å². The lowest BCUT2D eigenvalue weighted by Gasteiger charge is -2.46. The predicted molar refractivity (Wildman–Crippen MR) is 140 cm³/mol. The van der Waals surface area contributed by atoms with E-state index in [1.807, 2.05) is 43.3 Å². The maximum atomic E-state index is 12.1. The summed E-state index contributed by atoms with van der Waals surface area (Å²) in [5.74, 6) is 0.878. The molecule has 1 aliphatic rings. The van der Waals surface area contributed by atoms with Gasteiger partial charge in [0.25, 0.3) is 0 Å². The van der Waals surface area contributed by atoms with Crippen LogP contribution >= 0.6 is 23.2 Å². The first-order valence-electron chi connectivity index (χ1n) is 11.4. The minimum absolute atomic E-state index is 0.236. The van der Waals surface area contributed by atoms with E-state index in [1.165, 1.54) is 6.92 Å². The number of nitrogens with one attached hydrogen (secondary N) is 1. The van der Waals surface area contributed by atoms with Crippen LogP contribution in [0.4, 0.5) is 5.69 Å². The molecule has 2 atom stereocenters. The molecule has 7 heteroatoms. The summed E-state index contributed by atoms with van der Waals surface area (Å²) in [6.45, 7) is 7.88. The first-order valence-corrected chi connectivity index (χ1v) is 12.2. The predicted octanol–water partition coefficient (Wildman–Crippen LogP) is 7.69. The van der Waals surface area contributed by atoms with Crippen molar-refractivity contribution in [1.82, 2.24) is 0 Å². The molecular weight excluding hydrogens is 485 g/mol. The van der Waals surface area contributed by atoms with Crippen LogP contribution < -0.4 is 14.8 Å². The summed E-state index contributed by atoms with van der Waals surface area (Å²) in [6, 6.07) is 17.0. The van der Waals surface area contributed by atoms with Gasteiger partial charge >= 0.3 is 5.97 Å². The Balaban J connectivity index is 1.78. The average Bonchev–Trinajstić information content (AvgIpc) is 2.80. The molecule has 0 aromatic heterocycles. The van der Waals surface area contributed by atoms with E-state index in [4.69, 9.17) is 37.4 Å². The third-order valence-corrected chi connectivity index (χ3v) is 7.01. The minimum atomic E-state index is -0.519. The average molecular weight is 514 g/mol. The lowest BCUT2D eigenvalue weighted by molar-refractivity contribution is -0.154. The molecule has 0 radical (unpaired) electrons. The van der Waals surface area contributed by atoms with Gasteiger partial charge in [0, 0.05) is 44.8 Å². The molecule has 0 amide bonds. The topological polar surface area (TPSA) is 56.8 Å². The monoisotopic (exact) mass is 513 g/mol. The highest BCUT2D eigenvalue weighted by molar-refractivity contribution is 6.35. The molecule has 0 fully saturated rings. The molecule has 5 nitrogen and oxygen atoms in total. The zero-order valence-corrected chi connectivity index (χ0v) is 22.0. The fourth-order valence-corrected chi connectivity index (χ4v) is 5.11. The van der Waals surface area contributed by atoms with Crippen LogP contribution in [0.3, 0.4) is 0 Å². The van der Waals surface area contributed by atoms with Crippen molar-refractivity contribution in [3.8, 4) is 11.5 Å². The van der Waals surface area contributed by atoms with Gasteiger partial charge in [0.15, 0.2) is 11.5 Å². The maximum Gasteiger partial charge on any atom is 0.303 e. The van der Waals surface area contributed by atoms with Crippen LogP contribution in [0, 0.1) is 12.3 Å². The van der Waals surface area contributed by atoms with Gasteiger partial charge in [0.2, 0.25) is 0 Å². The van der Waals surface area contributed by atoms with E-state index >= 15 is 0 Å². The number of rotatable bonds is 6. The number of carbonyl (C=O) groups excluding carboxylic acids is 1. The smallest absolute Gasteiger partial charge is 0.303 e. The van der Waals surface area contributed by atoms with E-state index in [2.05, 4.69) is 25.2 Å². The van der Waals surface area contributed by atoms with Gasteiger partial charge in [-0.05, 0) is 31.2 Å². The number of anilines is 1. The van der Waals surface area contributed by atoms with E-state index in [1.54, 1.807) is 19.2 Å². The largest absolute Gasteiger partial charge is 0.493 e. The number of carbonyl (C=O) groups is 1. The third-order valence-electron chi connectivity index (χ3n) is 6.42. The Morgan fingerprint density at radius 2 is 1.83 bits per heavy atom. The molecule has 35 heavy (non-hydrogen) atoms. The van der Waals surface area contributed by atoms with E-state index in [-0.39, 0.29) is 18.6 Å². The van der Waals surface area contributed by atoms with Gasteiger partial charge < -0.3 is 19.5 Å². The van der Waals surface area contributed by atoms with Gasteiger partial charge in [-0.15, -0.1) is 0 Å². The van der Waals surface area contributed by atoms with Crippen molar-refractivity contribution >= 4 is 34.9 Å². The first-order chi connectivity index (χ1) is 16.6.